The highest BCUT2D eigenvalue weighted by Gasteiger charge is 2.22. The number of halogens is 3. The monoisotopic (exact) mass is 550 g/mol. The molecule has 0 unspecified atom stereocenters. The van der Waals surface area contributed by atoms with Crippen molar-refractivity contribution in [1.29, 1.82) is 5.26 Å². The van der Waals surface area contributed by atoms with Gasteiger partial charge in [0, 0.05) is 5.69 Å². The van der Waals surface area contributed by atoms with Crippen molar-refractivity contribution < 1.29 is 22.1 Å². The predicted molar refractivity (Wildman–Crippen MR) is 136 cm³/mol. The fourth-order valence-electron chi connectivity index (χ4n) is 2.85. The molecule has 0 bridgehead atoms. The first-order chi connectivity index (χ1) is 16.6. The number of anilines is 1. The third kappa shape index (κ3) is 6.68. The summed E-state index contributed by atoms with van der Waals surface area (Å²) in [6.07, 6.45) is 1.27. The Labute approximate surface area is 217 Å². The molecular formula is C24H17Cl3N2O5S. The van der Waals surface area contributed by atoms with Crippen molar-refractivity contribution in [1.82, 2.24) is 0 Å². The number of benzene rings is 3. The quantitative estimate of drug-likeness (QED) is 0.198. The number of hydrogen-bond donors (Lipinski definition) is 1. The molecule has 0 atom stereocenters. The van der Waals surface area contributed by atoms with E-state index in [2.05, 4.69) is 5.32 Å². The SMILES string of the molecule is CCOc1cc(/C=C(\C#N)C(=O)Nc2ccc(Cl)c(Cl)c2)cc(Cl)c1OS(=O)(=O)c1ccccc1. The lowest BCUT2D eigenvalue weighted by Gasteiger charge is -2.14. The molecule has 180 valence electrons. The molecule has 0 saturated carbocycles. The van der Waals surface area contributed by atoms with Crippen LogP contribution >= 0.6 is 34.8 Å². The van der Waals surface area contributed by atoms with E-state index in [1.54, 1.807) is 25.1 Å². The highest BCUT2D eigenvalue weighted by atomic mass is 35.5. The molecule has 35 heavy (non-hydrogen) atoms. The largest absolute Gasteiger partial charge is 0.490 e. The fraction of sp³-hybridized carbons (Fsp3) is 0.0833. The van der Waals surface area contributed by atoms with Crippen molar-refractivity contribution in [2.45, 2.75) is 11.8 Å². The zero-order valence-electron chi connectivity index (χ0n) is 18.1. The molecule has 3 aromatic carbocycles. The molecule has 7 nitrogen and oxygen atoms in total. The van der Waals surface area contributed by atoms with Crippen LogP contribution in [0.4, 0.5) is 5.69 Å². The summed E-state index contributed by atoms with van der Waals surface area (Å²) in [4.78, 5) is 12.5. The van der Waals surface area contributed by atoms with Crippen LogP contribution in [0.3, 0.4) is 0 Å². The molecule has 1 amide bonds. The maximum atomic E-state index is 12.7. The molecule has 0 aliphatic rings. The summed E-state index contributed by atoms with van der Waals surface area (Å²) in [5, 5.41) is 12.5. The lowest BCUT2D eigenvalue weighted by atomic mass is 10.1. The Kier molecular flexibility index (Phi) is 8.65. The predicted octanol–water partition coefficient (Wildman–Crippen LogP) is 6.36. The van der Waals surface area contributed by atoms with Crippen molar-refractivity contribution >= 4 is 62.6 Å². The van der Waals surface area contributed by atoms with Gasteiger partial charge in [0.2, 0.25) is 5.75 Å². The van der Waals surface area contributed by atoms with Crippen LogP contribution in [0.5, 0.6) is 11.5 Å². The van der Waals surface area contributed by atoms with Gasteiger partial charge < -0.3 is 14.2 Å². The summed E-state index contributed by atoms with van der Waals surface area (Å²) < 4.78 is 36.1. The van der Waals surface area contributed by atoms with E-state index in [0.29, 0.717) is 16.3 Å². The molecule has 0 aromatic heterocycles. The summed E-state index contributed by atoms with van der Waals surface area (Å²) >= 11 is 18.2. The van der Waals surface area contributed by atoms with Crippen LogP contribution in [-0.4, -0.2) is 20.9 Å². The molecule has 3 aromatic rings. The Morgan fingerprint density at radius 2 is 1.74 bits per heavy atom. The van der Waals surface area contributed by atoms with E-state index < -0.39 is 16.0 Å². The maximum absolute atomic E-state index is 12.7. The molecule has 0 spiro atoms. The molecule has 0 aliphatic heterocycles. The number of carbonyl (C=O) groups is 1. The summed E-state index contributed by atoms with van der Waals surface area (Å²) in [7, 11) is -4.19. The summed E-state index contributed by atoms with van der Waals surface area (Å²) in [6.45, 7) is 1.87. The van der Waals surface area contributed by atoms with E-state index in [0.717, 1.165) is 0 Å². The Bertz CT molecular complexity index is 1440. The van der Waals surface area contributed by atoms with E-state index in [9.17, 15) is 18.5 Å². The van der Waals surface area contributed by atoms with Gasteiger partial charge in [-0.1, -0.05) is 53.0 Å². The van der Waals surface area contributed by atoms with Gasteiger partial charge in [-0.2, -0.15) is 13.7 Å². The Morgan fingerprint density at radius 1 is 1.03 bits per heavy atom. The Morgan fingerprint density at radius 3 is 2.37 bits per heavy atom. The number of nitrogens with zero attached hydrogens (tertiary/aromatic N) is 1. The van der Waals surface area contributed by atoms with Gasteiger partial charge in [0.15, 0.2) is 5.75 Å². The summed E-state index contributed by atoms with van der Waals surface area (Å²) in [5.74, 6) is -0.895. The van der Waals surface area contributed by atoms with Gasteiger partial charge >= 0.3 is 10.1 Å². The van der Waals surface area contributed by atoms with Gasteiger partial charge in [-0.15, -0.1) is 0 Å². The van der Waals surface area contributed by atoms with Crippen LogP contribution in [0.25, 0.3) is 6.08 Å². The normalized spacial score (nSPS) is 11.5. The number of carbonyl (C=O) groups excluding carboxylic acids is 1. The highest BCUT2D eigenvalue weighted by Crippen LogP contribution is 2.39. The number of hydrogen-bond acceptors (Lipinski definition) is 6. The second kappa shape index (κ2) is 11.5. The van der Waals surface area contributed by atoms with Gasteiger partial charge in [-0.05, 0) is 61.0 Å². The number of ether oxygens (including phenoxy) is 1. The van der Waals surface area contributed by atoms with E-state index in [4.69, 9.17) is 43.7 Å². The van der Waals surface area contributed by atoms with Crippen LogP contribution in [0.15, 0.2) is 71.1 Å². The van der Waals surface area contributed by atoms with E-state index in [1.807, 2.05) is 6.07 Å². The highest BCUT2D eigenvalue weighted by molar-refractivity contribution is 7.87. The fourth-order valence-corrected chi connectivity index (χ4v) is 4.43. The molecule has 11 heteroatoms. The van der Waals surface area contributed by atoms with Crippen molar-refractivity contribution in [3.8, 4) is 17.6 Å². The maximum Gasteiger partial charge on any atom is 0.339 e. The third-order valence-corrected chi connectivity index (χ3v) is 6.67. The lowest BCUT2D eigenvalue weighted by Crippen LogP contribution is -2.13. The second-order valence-corrected chi connectivity index (χ2v) is 9.63. The van der Waals surface area contributed by atoms with Gasteiger partial charge in [0.1, 0.15) is 16.5 Å². The van der Waals surface area contributed by atoms with Crippen molar-refractivity contribution in [2.75, 3.05) is 11.9 Å². The van der Waals surface area contributed by atoms with Crippen molar-refractivity contribution in [3.05, 3.63) is 86.9 Å². The van der Waals surface area contributed by atoms with Gasteiger partial charge in [0.05, 0.1) is 21.7 Å². The molecule has 1 N–H and O–H groups in total. The minimum atomic E-state index is -4.19. The van der Waals surface area contributed by atoms with Gasteiger partial charge in [-0.25, -0.2) is 0 Å². The Hall–Kier alpha value is -3.22. The minimum absolute atomic E-state index is 0.0212. The summed E-state index contributed by atoms with van der Waals surface area (Å²) in [6, 6.07) is 16.6. The molecule has 0 fully saturated rings. The van der Waals surface area contributed by atoms with Crippen molar-refractivity contribution in [2.24, 2.45) is 0 Å². The molecule has 3 rings (SSSR count). The average molecular weight is 552 g/mol. The van der Waals surface area contributed by atoms with Crippen LogP contribution in [-0.2, 0) is 14.9 Å². The Balaban J connectivity index is 1.93. The average Bonchev–Trinajstić information content (AvgIpc) is 2.82. The van der Waals surface area contributed by atoms with Crippen LogP contribution in [0.2, 0.25) is 15.1 Å². The first-order valence-corrected chi connectivity index (χ1v) is 12.5. The smallest absolute Gasteiger partial charge is 0.339 e. The molecule has 0 saturated heterocycles. The van der Waals surface area contributed by atoms with Crippen LogP contribution in [0.1, 0.15) is 12.5 Å². The van der Waals surface area contributed by atoms with Crippen LogP contribution in [0, 0.1) is 11.3 Å². The van der Waals surface area contributed by atoms with Gasteiger partial charge in [-0.3, -0.25) is 4.79 Å². The van der Waals surface area contributed by atoms with Crippen LogP contribution < -0.4 is 14.2 Å². The van der Waals surface area contributed by atoms with Gasteiger partial charge in [0.25, 0.3) is 5.91 Å². The van der Waals surface area contributed by atoms with Crippen molar-refractivity contribution in [3.63, 3.8) is 0 Å². The topological polar surface area (TPSA) is 105 Å². The first kappa shape index (κ1) is 26.4. The standard InChI is InChI=1S/C24H17Cl3N2O5S/c1-2-33-22-12-15(10-16(14-28)24(30)29-17-8-9-19(25)20(26)13-17)11-21(27)23(22)34-35(31,32)18-6-4-3-5-7-18/h3-13H,2H2,1H3,(H,29,30)/b16-10+. The molecule has 0 radical (unpaired) electrons. The summed E-state index contributed by atoms with van der Waals surface area (Å²) in [5.41, 5.74) is 0.400. The number of nitrogens with one attached hydrogen (secondary N) is 1. The minimum Gasteiger partial charge on any atom is -0.490 e. The molecule has 0 heterocycles. The third-order valence-electron chi connectivity index (χ3n) is 4.41. The van der Waals surface area contributed by atoms with E-state index in [1.165, 1.54) is 48.5 Å². The first-order valence-electron chi connectivity index (χ1n) is 9.98. The zero-order chi connectivity index (χ0) is 25.6. The zero-order valence-corrected chi connectivity index (χ0v) is 21.2. The number of amides is 1. The second-order valence-electron chi connectivity index (χ2n) is 6.87. The number of rotatable bonds is 8. The molecular weight excluding hydrogens is 535 g/mol. The van der Waals surface area contributed by atoms with E-state index in [-0.39, 0.29) is 38.6 Å². The molecule has 0 aliphatic carbocycles. The number of nitriles is 1. The lowest BCUT2D eigenvalue weighted by molar-refractivity contribution is -0.112. The van der Waals surface area contributed by atoms with E-state index >= 15 is 0 Å².